The molecule has 38 heavy (non-hydrogen) atoms. The van der Waals surface area contributed by atoms with Crippen LogP contribution < -0.4 is 0 Å². The number of hydrogen-bond donors (Lipinski definition) is 0. The van der Waals surface area contributed by atoms with Gasteiger partial charge in [-0.3, -0.25) is 9.56 Å². The van der Waals surface area contributed by atoms with Gasteiger partial charge in [-0.15, -0.1) is 0 Å². The third kappa shape index (κ3) is 5.81. The molecule has 0 N–H and O–H groups in total. The highest BCUT2D eigenvalue weighted by Crippen LogP contribution is 2.37. The van der Waals surface area contributed by atoms with E-state index in [1.54, 1.807) is 18.5 Å². The molecule has 0 bridgehead atoms. The van der Waals surface area contributed by atoms with Crippen molar-refractivity contribution in [2.45, 2.75) is 30.7 Å². The molecular formula is C30H24F3N3S2. The predicted octanol–water partition coefficient (Wildman–Crippen LogP) is 8.44. The first kappa shape index (κ1) is 26.1. The van der Waals surface area contributed by atoms with Gasteiger partial charge in [-0.1, -0.05) is 48.6 Å². The minimum Gasteiger partial charge on any atom is -0.299 e. The first-order valence-electron chi connectivity index (χ1n) is 12.0. The standard InChI is InChI=1S/C30H24F3N3S2/c1-19-4-3-5-20(2)27(19)15-24(37)17-34-16-21-6-12-26-22(14-21)7-13-28-29(26)35-18-36(28)23-8-10-25(11-9-23)38-30(31,32)33/h3-14,16,18H,15,17H2,1-2H3. The zero-order chi connectivity index (χ0) is 26.9. The number of thiocarbonyl (C=S) groups is 1. The second kappa shape index (κ2) is 10.7. The predicted molar refractivity (Wildman–Crippen MR) is 155 cm³/mol. The van der Waals surface area contributed by atoms with Gasteiger partial charge in [0.15, 0.2) is 0 Å². The zero-order valence-corrected chi connectivity index (χ0v) is 22.4. The first-order valence-corrected chi connectivity index (χ1v) is 13.2. The number of aryl methyl sites for hydroxylation is 2. The van der Waals surface area contributed by atoms with E-state index in [-0.39, 0.29) is 16.7 Å². The van der Waals surface area contributed by atoms with Crippen LogP contribution in [0.1, 0.15) is 22.3 Å². The molecule has 0 aliphatic heterocycles. The molecule has 192 valence electrons. The molecule has 5 aromatic rings. The average molecular weight is 548 g/mol. The molecule has 0 radical (unpaired) electrons. The van der Waals surface area contributed by atoms with Gasteiger partial charge in [0.2, 0.25) is 0 Å². The molecule has 0 amide bonds. The fraction of sp³-hybridized carbons (Fsp3) is 0.167. The highest BCUT2D eigenvalue weighted by Gasteiger charge is 2.29. The minimum absolute atomic E-state index is 0.121. The van der Waals surface area contributed by atoms with Crippen LogP contribution in [0, 0.1) is 13.8 Å². The zero-order valence-electron chi connectivity index (χ0n) is 20.8. The number of benzene rings is 4. The van der Waals surface area contributed by atoms with Crippen molar-refractivity contribution in [3.63, 3.8) is 0 Å². The summed E-state index contributed by atoms with van der Waals surface area (Å²) >= 11 is 5.48. The molecule has 8 heteroatoms. The molecule has 0 saturated carbocycles. The van der Waals surface area contributed by atoms with E-state index in [9.17, 15) is 13.2 Å². The van der Waals surface area contributed by atoms with Gasteiger partial charge < -0.3 is 0 Å². The van der Waals surface area contributed by atoms with Crippen LogP contribution in [-0.2, 0) is 6.42 Å². The summed E-state index contributed by atoms with van der Waals surface area (Å²) in [6.07, 6.45) is 4.29. The molecule has 0 aliphatic rings. The average Bonchev–Trinajstić information content (AvgIpc) is 3.30. The molecule has 3 nitrogen and oxygen atoms in total. The van der Waals surface area contributed by atoms with Crippen molar-refractivity contribution in [3.05, 3.63) is 101 Å². The van der Waals surface area contributed by atoms with Crippen LogP contribution >= 0.6 is 24.0 Å². The molecular weight excluding hydrogens is 523 g/mol. The van der Waals surface area contributed by atoms with Gasteiger partial charge in [-0.05, 0) is 89.6 Å². The molecule has 0 fully saturated rings. The molecule has 0 saturated heterocycles. The Bertz CT molecular complexity index is 1650. The van der Waals surface area contributed by atoms with Crippen LogP contribution in [0.5, 0.6) is 0 Å². The molecule has 1 heterocycles. The monoisotopic (exact) mass is 547 g/mol. The van der Waals surface area contributed by atoms with Gasteiger partial charge >= 0.3 is 5.51 Å². The lowest BCUT2D eigenvalue weighted by atomic mass is 9.99. The van der Waals surface area contributed by atoms with Crippen LogP contribution in [0.3, 0.4) is 0 Å². The van der Waals surface area contributed by atoms with Gasteiger partial charge in [0.25, 0.3) is 0 Å². The third-order valence-electron chi connectivity index (χ3n) is 6.43. The van der Waals surface area contributed by atoms with Gasteiger partial charge in [-0.25, -0.2) is 4.98 Å². The van der Waals surface area contributed by atoms with Crippen LogP contribution in [0.15, 0.2) is 89.0 Å². The lowest BCUT2D eigenvalue weighted by Gasteiger charge is -2.09. The van der Waals surface area contributed by atoms with E-state index in [1.165, 1.54) is 28.8 Å². The molecule has 0 aliphatic carbocycles. The van der Waals surface area contributed by atoms with Crippen molar-refractivity contribution in [1.29, 1.82) is 0 Å². The Morgan fingerprint density at radius 1 is 1.00 bits per heavy atom. The van der Waals surface area contributed by atoms with E-state index in [0.29, 0.717) is 6.54 Å². The number of halogens is 3. The summed E-state index contributed by atoms with van der Waals surface area (Å²) in [5, 5.41) is 2.02. The largest absolute Gasteiger partial charge is 0.446 e. The van der Waals surface area contributed by atoms with Gasteiger partial charge in [0, 0.05) is 33.5 Å². The fourth-order valence-corrected chi connectivity index (χ4v) is 5.31. The van der Waals surface area contributed by atoms with E-state index in [1.807, 2.05) is 35.0 Å². The van der Waals surface area contributed by atoms with Crippen molar-refractivity contribution in [1.82, 2.24) is 9.55 Å². The molecule has 4 aromatic carbocycles. The number of nitrogens with zero attached hydrogens (tertiary/aromatic N) is 3. The third-order valence-corrected chi connectivity index (χ3v) is 7.44. The number of thioether (sulfide) groups is 1. The molecule has 1 aromatic heterocycles. The van der Waals surface area contributed by atoms with E-state index in [4.69, 9.17) is 12.2 Å². The van der Waals surface area contributed by atoms with Crippen molar-refractivity contribution in [2.24, 2.45) is 4.99 Å². The molecule has 0 unspecified atom stereocenters. The van der Waals surface area contributed by atoms with Crippen LogP contribution in [0.4, 0.5) is 13.2 Å². The van der Waals surface area contributed by atoms with Crippen molar-refractivity contribution in [2.75, 3.05) is 6.54 Å². The lowest BCUT2D eigenvalue weighted by Crippen LogP contribution is -2.07. The summed E-state index contributed by atoms with van der Waals surface area (Å²) in [6.45, 7) is 4.71. The van der Waals surface area contributed by atoms with E-state index in [2.05, 4.69) is 48.1 Å². The number of aromatic nitrogens is 2. The number of fused-ring (bicyclic) bond motifs is 3. The number of rotatable bonds is 7. The topological polar surface area (TPSA) is 30.2 Å². The van der Waals surface area contributed by atoms with Crippen LogP contribution in [0.2, 0.25) is 0 Å². The molecule has 5 rings (SSSR count). The maximum Gasteiger partial charge on any atom is 0.446 e. The van der Waals surface area contributed by atoms with Crippen molar-refractivity contribution < 1.29 is 13.2 Å². The van der Waals surface area contributed by atoms with Crippen molar-refractivity contribution >= 4 is 56.9 Å². The highest BCUT2D eigenvalue weighted by atomic mass is 32.2. The summed E-state index contributed by atoms with van der Waals surface area (Å²) in [5.74, 6) is 0. The summed E-state index contributed by atoms with van der Waals surface area (Å²) < 4.78 is 39.8. The minimum atomic E-state index is -4.31. The first-order chi connectivity index (χ1) is 18.2. The van der Waals surface area contributed by atoms with E-state index >= 15 is 0 Å². The Labute approximate surface area is 228 Å². The van der Waals surface area contributed by atoms with E-state index in [0.717, 1.165) is 44.3 Å². The van der Waals surface area contributed by atoms with Crippen LogP contribution in [-0.4, -0.2) is 32.7 Å². The number of aliphatic imine (C=N–C) groups is 1. The van der Waals surface area contributed by atoms with Gasteiger partial charge in [0.05, 0.1) is 17.6 Å². The number of imidazole rings is 1. The molecule has 0 atom stereocenters. The summed E-state index contributed by atoms with van der Waals surface area (Å²) in [4.78, 5) is 10.2. The second-order valence-corrected chi connectivity index (χ2v) is 10.8. The Morgan fingerprint density at radius 2 is 1.74 bits per heavy atom. The Kier molecular flexibility index (Phi) is 7.36. The second-order valence-electron chi connectivity index (χ2n) is 9.13. The fourth-order valence-electron chi connectivity index (χ4n) is 4.56. The van der Waals surface area contributed by atoms with Crippen LogP contribution in [0.25, 0.3) is 27.5 Å². The number of hydrogen-bond acceptors (Lipinski definition) is 4. The molecule has 0 spiro atoms. The van der Waals surface area contributed by atoms with E-state index < -0.39 is 5.51 Å². The normalized spacial score (nSPS) is 12.1. The summed E-state index contributed by atoms with van der Waals surface area (Å²) in [5.41, 5.74) is 2.90. The van der Waals surface area contributed by atoms with Crippen molar-refractivity contribution in [3.8, 4) is 5.69 Å². The Balaban J connectivity index is 1.32. The number of alkyl halides is 3. The maximum atomic E-state index is 12.6. The smallest absolute Gasteiger partial charge is 0.299 e. The maximum absolute atomic E-state index is 12.6. The summed E-state index contributed by atoms with van der Waals surface area (Å²) in [7, 11) is 0. The van der Waals surface area contributed by atoms with Gasteiger partial charge in [0.1, 0.15) is 6.33 Å². The SMILES string of the molecule is Cc1cccc(C)c1CC(=S)CN=Cc1ccc2c(ccc3c2ncn3-c2ccc(SC(F)(F)F)cc2)c1. The lowest BCUT2D eigenvalue weighted by molar-refractivity contribution is -0.0328. The van der Waals surface area contributed by atoms with Gasteiger partial charge in [-0.2, -0.15) is 13.2 Å². The Hall–Kier alpha value is -3.49. The highest BCUT2D eigenvalue weighted by molar-refractivity contribution is 8.00. The Morgan fingerprint density at radius 3 is 2.45 bits per heavy atom. The quantitative estimate of drug-likeness (QED) is 0.116. The summed E-state index contributed by atoms with van der Waals surface area (Å²) in [6, 6.07) is 22.6.